The first-order chi connectivity index (χ1) is 14.6. The summed E-state index contributed by atoms with van der Waals surface area (Å²) in [4.78, 5) is 28.1. The van der Waals surface area contributed by atoms with Crippen LogP contribution in [0.4, 0.5) is 16.5 Å². The van der Waals surface area contributed by atoms with Crippen molar-refractivity contribution < 1.29 is 14.7 Å². The molecular formula is C23H17N3O3S. The molecule has 0 aliphatic rings. The maximum absolute atomic E-state index is 12.4. The van der Waals surface area contributed by atoms with Crippen molar-refractivity contribution >= 4 is 39.7 Å². The van der Waals surface area contributed by atoms with Crippen molar-refractivity contribution in [2.24, 2.45) is 0 Å². The van der Waals surface area contributed by atoms with Crippen LogP contribution in [-0.2, 0) is 0 Å². The number of rotatable bonds is 6. The monoisotopic (exact) mass is 415 g/mol. The van der Waals surface area contributed by atoms with Crippen molar-refractivity contribution in [1.82, 2.24) is 4.98 Å². The van der Waals surface area contributed by atoms with Gasteiger partial charge in [0, 0.05) is 27.9 Å². The topological polar surface area (TPSA) is 91.3 Å². The number of nitrogens with one attached hydrogen (secondary N) is 2. The highest BCUT2D eigenvalue weighted by Crippen LogP contribution is 2.29. The first kappa shape index (κ1) is 19.4. The highest BCUT2D eigenvalue weighted by Gasteiger charge is 2.09. The third-order valence-electron chi connectivity index (χ3n) is 4.32. The maximum Gasteiger partial charge on any atom is 0.335 e. The van der Waals surface area contributed by atoms with Gasteiger partial charge in [-0.25, -0.2) is 9.78 Å². The number of carbonyl (C=O) groups excluding carboxylic acids is 1. The average molecular weight is 415 g/mol. The predicted molar refractivity (Wildman–Crippen MR) is 119 cm³/mol. The number of aromatic carboxylic acids is 1. The molecule has 0 saturated carbocycles. The Balaban J connectivity index is 1.50. The Morgan fingerprint density at radius 2 is 1.57 bits per heavy atom. The van der Waals surface area contributed by atoms with E-state index in [0.29, 0.717) is 22.1 Å². The van der Waals surface area contributed by atoms with E-state index in [-0.39, 0.29) is 11.5 Å². The molecule has 4 aromatic rings. The van der Waals surface area contributed by atoms with E-state index < -0.39 is 5.97 Å². The van der Waals surface area contributed by atoms with Crippen LogP contribution in [-0.4, -0.2) is 22.0 Å². The van der Waals surface area contributed by atoms with E-state index in [1.54, 1.807) is 30.3 Å². The quantitative estimate of drug-likeness (QED) is 0.387. The van der Waals surface area contributed by atoms with Gasteiger partial charge < -0.3 is 15.7 Å². The molecule has 1 aromatic heterocycles. The minimum Gasteiger partial charge on any atom is -0.478 e. The van der Waals surface area contributed by atoms with Crippen molar-refractivity contribution in [3.05, 3.63) is 95.4 Å². The van der Waals surface area contributed by atoms with Crippen LogP contribution < -0.4 is 10.6 Å². The number of carboxylic acids is 1. The molecular weight excluding hydrogens is 398 g/mol. The SMILES string of the molecule is O=C(O)c1cccc(Nc2nc(-c3cccc(NC(=O)c4ccccc4)c3)cs2)c1. The van der Waals surface area contributed by atoms with E-state index in [2.05, 4.69) is 15.6 Å². The Morgan fingerprint density at radius 1 is 0.833 bits per heavy atom. The van der Waals surface area contributed by atoms with Crippen LogP contribution in [0.5, 0.6) is 0 Å². The van der Waals surface area contributed by atoms with Crippen LogP contribution in [0.1, 0.15) is 20.7 Å². The summed E-state index contributed by atoms with van der Waals surface area (Å²) in [5.74, 6) is -1.15. The minimum atomic E-state index is -0.979. The standard InChI is InChI=1S/C23H17N3O3S/c27-21(15-6-2-1-3-7-15)24-18-10-4-8-16(12-18)20-14-30-23(26-20)25-19-11-5-9-17(13-19)22(28)29/h1-14H,(H,24,27)(H,25,26)(H,28,29). The summed E-state index contributed by atoms with van der Waals surface area (Å²) in [7, 11) is 0. The van der Waals surface area contributed by atoms with Crippen molar-refractivity contribution in [2.75, 3.05) is 10.6 Å². The second-order valence-electron chi connectivity index (χ2n) is 6.45. The number of hydrogen-bond acceptors (Lipinski definition) is 5. The molecule has 0 spiro atoms. The van der Waals surface area contributed by atoms with E-state index in [1.165, 1.54) is 17.4 Å². The second kappa shape index (κ2) is 8.59. The molecule has 3 aromatic carbocycles. The molecule has 0 aliphatic carbocycles. The van der Waals surface area contributed by atoms with Crippen LogP contribution in [0, 0.1) is 0 Å². The maximum atomic E-state index is 12.4. The van der Waals surface area contributed by atoms with Gasteiger partial charge in [-0.05, 0) is 42.5 Å². The molecule has 1 heterocycles. The molecule has 30 heavy (non-hydrogen) atoms. The molecule has 0 aliphatic heterocycles. The van der Waals surface area contributed by atoms with Gasteiger partial charge in [0.1, 0.15) is 0 Å². The number of carbonyl (C=O) groups is 2. The first-order valence-corrected chi connectivity index (χ1v) is 9.99. The van der Waals surface area contributed by atoms with E-state index >= 15 is 0 Å². The highest BCUT2D eigenvalue weighted by atomic mass is 32.1. The predicted octanol–water partition coefficient (Wildman–Crippen LogP) is 5.50. The van der Waals surface area contributed by atoms with Crippen LogP contribution in [0.25, 0.3) is 11.3 Å². The molecule has 7 heteroatoms. The van der Waals surface area contributed by atoms with Gasteiger partial charge in [-0.3, -0.25) is 4.79 Å². The fourth-order valence-electron chi connectivity index (χ4n) is 2.87. The summed E-state index contributed by atoms with van der Waals surface area (Å²) in [5, 5.41) is 17.7. The molecule has 1 amide bonds. The molecule has 6 nitrogen and oxygen atoms in total. The lowest BCUT2D eigenvalue weighted by molar-refractivity contribution is 0.0696. The lowest BCUT2D eigenvalue weighted by Gasteiger charge is -2.07. The Hall–Kier alpha value is -3.97. The van der Waals surface area contributed by atoms with Crippen molar-refractivity contribution in [3.63, 3.8) is 0 Å². The number of hydrogen-bond donors (Lipinski definition) is 3. The van der Waals surface area contributed by atoms with Gasteiger partial charge in [-0.15, -0.1) is 11.3 Å². The Morgan fingerprint density at radius 3 is 2.37 bits per heavy atom. The second-order valence-corrected chi connectivity index (χ2v) is 7.31. The molecule has 0 bridgehead atoms. The van der Waals surface area contributed by atoms with E-state index in [1.807, 2.05) is 47.8 Å². The normalized spacial score (nSPS) is 10.4. The fraction of sp³-hybridized carbons (Fsp3) is 0. The van der Waals surface area contributed by atoms with Gasteiger partial charge >= 0.3 is 5.97 Å². The van der Waals surface area contributed by atoms with Gasteiger partial charge in [0.25, 0.3) is 5.91 Å². The van der Waals surface area contributed by atoms with Gasteiger partial charge in [0.15, 0.2) is 5.13 Å². The van der Waals surface area contributed by atoms with E-state index in [0.717, 1.165) is 11.3 Å². The smallest absolute Gasteiger partial charge is 0.335 e. The zero-order valence-corrected chi connectivity index (χ0v) is 16.5. The largest absolute Gasteiger partial charge is 0.478 e. The van der Waals surface area contributed by atoms with Crippen molar-refractivity contribution in [3.8, 4) is 11.3 Å². The Bertz CT molecular complexity index is 1210. The number of anilines is 3. The highest BCUT2D eigenvalue weighted by molar-refractivity contribution is 7.14. The zero-order valence-electron chi connectivity index (χ0n) is 15.7. The van der Waals surface area contributed by atoms with Gasteiger partial charge in [0.2, 0.25) is 0 Å². The Kier molecular flexibility index (Phi) is 5.54. The molecule has 0 saturated heterocycles. The summed E-state index contributed by atoms with van der Waals surface area (Å²) in [6.07, 6.45) is 0. The molecule has 3 N–H and O–H groups in total. The molecule has 0 atom stereocenters. The van der Waals surface area contributed by atoms with E-state index in [4.69, 9.17) is 5.11 Å². The first-order valence-electron chi connectivity index (χ1n) is 9.11. The van der Waals surface area contributed by atoms with Crippen LogP contribution in [0.2, 0.25) is 0 Å². The summed E-state index contributed by atoms with van der Waals surface area (Å²) < 4.78 is 0. The van der Waals surface area contributed by atoms with Crippen molar-refractivity contribution in [2.45, 2.75) is 0 Å². The average Bonchev–Trinajstić information content (AvgIpc) is 3.23. The van der Waals surface area contributed by atoms with Crippen LogP contribution in [0.15, 0.2) is 84.2 Å². The lowest BCUT2D eigenvalue weighted by atomic mass is 10.1. The van der Waals surface area contributed by atoms with Gasteiger partial charge in [0.05, 0.1) is 11.3 Å². The summed E-state index contributed by atoms with van der Waals surface area (Å²) in [5.41, 5.74) is 3.75. The van der Waals surface area contributed by atoms with Crippen molar-refractivity contribution in [1.29, 1.82) is 0 Å². The molecule has 0 radical (unpaired) electrons. The lowest BCUT2D eigenvalue weighted by Crippen LogP contribution is -2.11. The van der Waals surface area contributed by atoms with Crippen LogP contribution >= 0.6 is 11.3 Å². The number of thiazole rings is 1. The summed E-state index contributed by atoms with van der Waals surface area (Å²) in [6, 6.07) is 23.1. The number of carboxylic acid groups (broad SMARTS) is 1. The molecule has 148 valence electrons. The molecule has 0 fully saturated rings. The zero-order chi connectivity index (χ0) is 20.9. The molecule has 4 rings (SSSR count). The molecule has 0 unspecified atom stereocenters. The van der Waals surface area contributed by atoms with Crippen LogP contribution in [0.3, 0.4) is 0 Å². The van der Waals surface area contributed by atoms with E-state index in [9.17, 15) is 9.59 Å². The number of nitrogens with zero attached hydrogens (tertiary/aromatic N) is 1. The van der Waals surface area contributed by atoms with Gasteiger partial charge in [-0.1, -0.05) is 36.4 Å². The fourth-order valence-corrected chi connectivity index (χ4v) is 3.61. The number of aromatic nitrogens is 1. The summed E-state index contributed by atoms with van der Waals surface area (Å²) >= 11 is 1.41. The van der Waals surface area contributed by atoms with Gasteiger partial charge in [-0.2, -0.15) is 0 Å². The number of benzene rings is 3. The number of amides is 1. The Labute approximate surface area is 176 Å². The third-order valence-corrected chi connectivity index (χ3v) is 5.07. The minimum absolute atomic E-state index is 0.174. The summed E-state index contributed by atoms with van der Waals surface area (Å²) in [6.45, 7) is 0. The third kappa shape index (κ3) is 4.53.